The molecule has 0 aromatic carbocycles. The summed E-state index contributed by atoms with van der Waals surface area (Å²) in [5, 5.41) is 0. The molecule has 1 aliphatic rings. The number of allylic oxidation sites excluding steroid dienone is 4. The van der Waals surface area contributed by atoms with Crippen molar-refractivity contribution in [3.8, 4) is 0 Å². The third kappa shape index (κ3) is 1.21. The molecule has 0 aliphatic carbocycles. The molecule has 1 heteroatoms. The van der Waals surface area contributed by atoms with E-state index < -0.39 is 0 Å². The first-order chi connectivity index (χ1) is 3.89. The van der Waals surface area contributed by atoms with Gasteiger partial charge >= 0.3 is 0 Å². The average Bonchev–Trinajstić information content (AvgIpc) is 1.94. The van der Waals surface area contributed by atoms with Gasteiger partial charge in [0, 0.05) is 6.20 Å². The molecule has 0 spiro atoms. The Morgan fingerprint density at radius 1 is 1.62 bits per heavy atom. The molecular weight excluding hydrogens is 98.1 g/mol. The van der Waals surface area contributed by atoms with Gasteiger partial charge in [0.05, 0.1) is 0 Å². The second-order valence-corrected chi connectivity index (χ2v) is 1.66. The molecule has 1 aliphatic heterocycles. The molecule has 0 bridgehead atoms. The van der Waals surface area contributed by atoms with Crippen LogP contribution in [0.3, 0.4) is 0 Å². The maximum absolute atomic E-state index is 3.82. The first-order valence-corrected chi connectivity index (χ1v) is 2.51. The van der Waals surface area contributed by atoms with Crippen molar-refractivity contribution in [2.75, 3.05) is 0 Å². The molecule has 0 aromatic heterocycles. The van der Waals surface area contributed by atoms with E-state index in [1.807, 2.05) is 19.1 Å². The monoisotopic (exact) mass is 105 g/mol. The van der Waals surface area contributed by atoms with Gasteiger partial charge in [-0.15, -0.1) is 0 Å². The zero-order chi connectivity index (χ0) is 5.82. The van der Waals surface area contributed by atoms with Crippen molar-refractivity contribution in [3.05, 3.63) is 30.0 Å². The van der Waals surface area contributed by atoms with Gasteiger partial charge in [0.25, 0.3) is 0 Å². The van der Waals surface area contributed by atoms with Crippen LogP contribution in [0.25, 0.3) is 0 Å². The lowest BCUT2D eigenvalue weighted by molar-refractivity contribution is 1.45. The molecule has 1 heterocycles. The fraction of sp³-hybridized carbons (Fsp3) is 0.143. The van der Waals surface area contributed by atoms with Gasteiger partial charge < -0.3 is 0 Å². The predicted molar refractivity (Wildman–Crippen MR) is 34.9 cm³/mol. The molecule has 0 saturated heterocycles. The minimum absolute atomic E-state index is 1.16. The Kier molecular flexibility index (Phi) is 1.45. The summed E-state index contributed by atoms with van der Waals surface area (Å²) in [4.78, 5) is 3.82. The van der Waals surface area contributed by atoms with Crippen LogP contribution in [0.15, 0.2) is 35.0 Å². The fourth-order valence-electron chi connectivity index (χ4n) is 0.468. The molecular formula is C7H7N. The van der Waals surface area contributed by atoms with Crippen LogP contribution in [0.5, 0.6) is 0 Å². The van der Waals surface area contributed by atoms with E-state index >= 15 is 0 Å². The molecule has 0 aromatic rings. The molecule has 0 amide bonds. The number of nitrogens with zero attached hydrogens (tertiary/aromatic N) is 1. The van der Waals surface area contributed by atoms with Gasteiger partial charge in [-0.2, -0.15) is 0 Å². The lowest BCUT2D eigenvalue weighted by Crippen LogP contribution is -1.60. The molecule has 40 valence electrons. The molecule has 1 rings (SSSR count). The zero-order valence-electron chi connectivity index (χ0n) is 4.76. The van der Waals surface area contributed by atoms with Gasteiger partial charge in [0.1, 0.15) is 0 Å². The van der Waals surface area contributed by atoms with Crippen LogP contribution in [0.1, 0.15) is 6.92 Å². The minimum Gasteiger partial charge on any atom is -0.214 e. The second kappa shape index (κ2) is 2.29. The summed E-state index contributed by atoms with van der Waals surface area (Å²) in [6.45, 7) is 2.00. The quantitative estimate of drug-likeness (QED) is 0.444. The third-order valence-electron chi connectivity index (χ3n) is 0.873. The van der Waals surface area contributed by atoms with Crippen molar-refractivity contribution in [1.29, 1.82) is 0 Å². The lowest BCUT2D eigenvalue weighted by Gasteiger charge is -1.79. The molecule has 0 fully saturated rings. The van der Waals surface area contributed by atoms with E-state index in [-0.39, 0.29) is 0 Å². The Balaban J connectivity index is 2.90. The summed E-state index contributed by atoms with van der Waals surface area (Å²) < 4.78 is 0. The number of aliphatic imine (C=N–C) groups is 1. The van der Waals surface area contributed by atoms with Crippen molar-refractivity contribution < 1.29 is 0 Å². The van der Waals surface area contributed by atoms with Gasteiger partial charge in [-0.05, 0) is 24.4 Å². The summed E-state index contributed by atoms with van der Waals surface area (Å²) in [7, 11) is 0. The van der Waals surface area contributed by atoms with Crippen molar-refractivity contribution >= 4 is 5.87 Å². The minimum atomic E-state index is 1.16. The first kappa shape index (κ1) is 5.07. The molecule has 0 atom stereocenters. The lowest BCUT2D eigenvalue weighted by atomic mass is 10.3. The molecule has 8 heavy (non-hydrogen) atoms. The summed E-state index contributed by atoms with van der Waals surface area (Å²) in [5.41, 5.74) is 1.16. The predicted octanol–water partition coefficient (Wildman–Crippen LogP) is 1.69. The van der Waals surface area contributed by atoms with Gasteiger partial charge in [-0.25, -0.2) is 4.99 Å². The maximum Gasteiger partial charge on any atom is 0.0397 e. The summed E-state index contributed by atoms with van der Waals surface area (Å²) in [6, 6.07) is 0. The molecule has 0 N–H and O–H groups in total. The van der Waals surface area contributed by atoms with Gasteiger partial charge in [-0.3, -0.25) is 0 Å². The molecule has 1 nitrogen and oxygen atoms in total. The van der Waals surface area contributed by atoms with E-state index in [1.54, 1.807) is 12.3 Å². The Morgan fingerprint density at radius 3 is 3.38 bits per heavy atom. The van der Waals surface area contributed by atoms with E-state index in [9.17, 15) is 0 Å². The SMILES string of the molecule is CC1=CN=C=CC=C1. The van der Waals surface area contributed by atoms with E-state index in [4.69, 9.17) is 0 Å². The Hall–Kier alpha value is -1.07. The van der Waals surface area contributed by atoms with Crippen molar-refractivity contribution in [1.82, 2.24) is 0 Å². The third-order valence-corrected chi connectivity index (χ3v) is 0.873. The van der Waals surface area contributed by atoms with Crippen molar-refractivity contribution in [2.45, 2.75) is 6.92 Å². The zero-order valence-corrected chi connectivity index (χ0v) is 4.76. The Labute approximate surface area is 48.7 Å². The van der Waals surface area contributed by atoms with Crippen LogP contribution in [0.2, 0.25) is 0 Å². The van der Waals surface area contributed by atoms with E-state index in [1.165, 1.54) is 0 Å². The number of hydrogen-bond donors (Lipinski definition) is 0. The summed E-state index contributed by atoms with van der Waals surface area (Å²) >= 11 is 0. The van der Waals surface area contributed by atoms with Gasteiger partial charge in [-0.1, -0.05) is 12.2 Å². The van der Waals surface area contributed by atoms with Crippen molar-refractivity contribution in [2.24, 2.45) is 4.99 Å². The molecule has 0 saturated carbocycles. The highest BCUT2D eigenvalue weighted by molar-refractivity contribution is 5.57. The maximum atomic E-state index is 3.82. The van der Waals surface area contributed by atoms with Crippen LogP contribution < -0.4 is 0 Å². The Bertz CT molecular complexity index is 190. The molecule has 0 unspecified atom stereocenters. The topological polar surface area (TPSA) is 12.4 Å². The fourth-order valence-corrected chi connectivity index (χ4v) is 0.468. The smallest absolute Gasteiger partial charge is 0.0397 e. The first-order valence-electron chi connectivity index (χ1n) is 2.51. The summed E-state index contributed by atoms with van der Waals surface area (Å²) in [5.74, 6) is 2.71. The second-order valence-electron chi connectivity index (χ2n) is 1.66. The van der Waals surface area contributed by atoms with E-state index in [2.05, 4.69) is 10.9 Å². The standard InChI is InChI=1S/C7H7N/c1-7-4-2-3-5-8-6-7/h2-4,6H,1H3. The van der Waals surface area contributed by atoms with Gasteiger partial charge in [0.15, 0.2) is 0 Å². The number of hydrogen-bond acceptors (Lipinski definition) is 1. The van der Waals surface area contributed by atoms with Crippen molar-refractivity contribution in [3.63, 3.8) is 0 Å². The van der Waals surface area contributed by atoms with Crippen LogP contribution >= 0.6 is 0 Å². The van der Waals surface area contributed by atoms with Crippen LogP contribution in [-0.2, 0) is 0 Å². The highest BCUT2D eigenvalue weighted by Crippen LogP contribution is 1.95. The largest absolute Gasteiger partial charge is 0.214 e. The average molecular weight is 105 g/mol. The highest BCUT2D eigenvalue weighted by atomic mass is 14.6. The van der Waals surface area contributed by atoms with Crippen LogP contribution in [0.4, 0.5) is 0 Å². The van der Waals surface area contributed by atoms with E-state index in [0.29, 0.717) is 0 Å². The highest BCUT2D eigenvalue weighted by Gasteiger charge is 1.77. The van der Waals surface area contributed by atoms with E-state index in [0.717, 1.165) is 5.57 Å². The van der Waals surface area contributed by atoms with Crippen LogP contribution in [0, 0.1) is 0 Å². The summed E-state index contributed by atoms with van der Waals surface area (Å²) in [6.07, 6.45) is 7.47. The molecule has 0 radical (unpaired) electrons. The number of rotatable bonds is 0. The van der Waals surface area contributed by atoms with Gasteiger partial charge in [0.2, 0.25) is 0 Å². The van der Waals surface area contributed by atoms with Crippen LogP contribution in [-0.4, -0.2) is 5.87 Å². The normalized spacial score (nSPS) is 15.9. The Morgan fingerprint density at radius 2 is 2.50 bits per heavy atom.